The van der Waals surface area contributed by atoms with Gasteiger partial charge in [0.15, 0.2) is 0 Å². The summed E-state index contributed by atoms with van der Waals surface area (Å²) < 4.78 is 5.98. The zero-order chi connectivity index (χ0) is 15.8. The van der Waals surface area contributed by atoms with Gasteiger partial charge in [-0.3, -0.25) is 4.90 Å². The van der Waals surface area contributed by atoms with E-state index in [9.17, 15) is 0 Å². The maximum absolute atomic E-state index is 5.98. The molecule has 1 heterocycles. The molecule has 0 atom stereocenters. The van der Waals surface area contributed by atoms with Crippen LogP contribution in [-0.4, -0.2) is 24.0 Å². The molecule has 0 aliphatic rings. The normalized spacial score (nSPS) is 12.0. The second-order valence-electron chi connectivity index (χ2n) is 6.37. The van der Waals surface area contributed by atoms with Crippen LogP contribution >= 0.6 is 0 Å². The molecular formula is C18H34N2O. The predicted octanol–water partition coefficient (Wildman–Crippen LogP) is 4.34. The van der Waals surface area contributed by atoms with E-state index in [1.165, 1.54) is 18.4 Å². The van der Waals surface area contributed by atoms with Gasteiger partial charge in [-0.25, -0.2) is 0 Å². The highest BCUT2D eigenvalue weighted by molar-refractivity contribution is 5.20. The average Bonchev–Trinajstić information content (AvgIpc) is 2.77. The van der Waals surface area contributed by atoms with E-state index in [0.717, 1.165) is 37.7 Å². The van der Waals surface area contributed by atoms with E-state index < -0.39 is 0 Å². The highest BCUT2D eigenvalue weighted by atomic mass is 16.3. The van der Waals surface area contributed by atoms with E-state index in [2.05, 4.69) is 57.8 Å². The molecule has 0 bridgehead atoms. The molecule has 0 amide bonds. The molecule has 0 unspecified atom stereocenters. The third-order valence-electron chi connectivity index (χ3n) is 4.05. The number of rotatable bonds is 10. The fraction of sp³-hybridized carbons (Fsp3) is 0.778. The van der Waals surface area contributed by atoms with Crippen LogP contribution < -0.4 is 5.32 Å². The van der Waals surface area contributed by atoms with Crippen molar-refractivity contribution < 1.29 is 4.42 Å². The Kier molecular flexibility index (Phi) is 8.05. The molecule has 0 radical (unpaired) electrons. The van der Waals surface area contributed by atoms with Crippen LogP contribution in [0, 0.1) is 12.8 Å². The third-order valence-corrected chi connectivity index (χ3v) is 4.05. The molecule has 0 fully saturated rings. The second kappa shape index (κ2) is 9.26. The summed E-state index contributed by atoms with van der Waals surface area (Å²) in [5, 5.41) is 3.38. The van der Waals surface area contributed by atoms with Gasteiger partial charge >= 0.3 is 0 Å². The Hall–Kier alpha value is -0.800. The molecule has 3 nitrogen and oxygen atoms in total. The van der Waals surface area contributed by atoms with E-state index in [-0.39, 0.29) is 0 Å². The topological polar surface area (TPSA) is 28.4 Å². The van der Waals surface area contributed by atoms with E-state index in [1.807, 2.05) is 0 Å². The van der Waals surface area contributed by atoms with Crippen LogP contribution in [0.5, 0.6) is 0 Å². The largest absolute Gasteiger partial charge is 0.465 e. The molecule has 1 aromatic rings. The summed E-state index contributed by atoms with van der Waals surface area (Å²) in [7, 11) is 0. The van der Waals surface area contributed by atoms with Crippen LogP contribution in [0.15, 0.2) is 10.5 Å². The molecule has 1 rings (SSSR count). The molecule has 0 aliphatic carbocycles. The predicted molar refractivity (Wildman–Crippen MR) is 90.4 cm³/mol. The van der Waals surface area contributed by atoms with Crippen molar-refractivity contribution in [2.45, 2.75) is 73.5 Å². The molecular weight excluding hydrogens is 260 g/mol. The Morgan fingerprint density at radius 3 is 2.38 bits per heavy atom. The zero-order valence-corrected chi connectivity index (χ0v) is 14.8. The Labute approximate surface area is 131 Å². The molecule has 21 heavy (non-hydrogen) atoms. The summed E-state index contributed by atoms with van der Waals surface area (Å²) in [6.45, 7) is 17.3. The van der Waals surface area contributed by atoms with Crippen molar-refractivity contribution in [3.63, 3.8) is 0 Å². The van der Waals surface area contributed by atoms with Crippen LogP contribution in [0.25, 0.3) is 0 Å². The minimum Gasteiger partial charge on any atom is -0.465 e. The zero-order valence-electron chi connectivity index (χ0n) is 14.8. The number of nitrogens with zero attached hydrogens (tertiary/aromatic N) is 1. The Balaban J connectivity index is 2.77. The smallest absolute Gasteiger partial charge is 0.118 e. The highest BCUT2D eigenvalue weighted by Crippen LogP contribution is 2.20. The van der Waals surface area contributed by atoms with Crippen LogP contribution in [0.3, 0.4) is 0 Å². The summed E-state index contributed by atoms with van der Waals surface area (Å²) in [5.74, 6) is 2.84. The Morgan fingerprint density at radius 1 is 1.19 bits per heavy atom. The van der Waals surface area contributed by atoms with E-state index in [1.54, 1.807) is 0 Å². The first kappa shape index (κ1) is 18.2. The standard InChI is InChI=1S/C18H34N2O/c1-7-17(8-2)20(12-14(4)5)13-18-10-16(11-19-9-3)15(6)21-18/h10,14,17,19H,7-9,11-13H2,1-6H3. The van der Waals surface area contributed by atoms with Crippen molar-refractivity contribution in [3.8, 4) is 0 Å². The van der Waals surface area contributed by atoms with E-state index in [4.69, 9.17) is 4.42 Å². The van der Waals surface area contributed by atoms with Gasteiger partial charge in [0, 0.05) is 24.7 Å². The van der Waals surface area contributed by atoms with Crippen molar-refractivity contribution >= 4 is 0 Å². The van der Waals surface area contributed by atoms with Crippen molar-refractivity contribution in [2.24, 2.45) is 5.92 Å². The molecule has 1 N–H and O–H groups in total. The van der Waals surface area contributed by atoms with E-state index in [0.29, 0.717) is 12.0 Å². The maximum atomic E-state index is 5.98. The van der Waals surface area contributed by atoms with Crippen molar-refractivity contribution in [1.29, 1.82) is 0 Å². The van der Waals surface area contributed by atoms with Gasteiger partial charge in [-0.1, -0.05) is 34.6 Å². The van der Waals surface area contributed by atoms with Crippen LogP contribution in [0.2, 0.25) is 0 Å². The van der Waals surface area contributed by atoms with Crippen LogP contribution in [-0.2, 0) is 13.1 Å². The molecule has 0 saturated heterocycles. The molecule has 0 saturated carbocycles. The molecule has 1 aromatic heterocycles. The van der Waals surface area contributed by atoms with Gasteiger partial charge in [0.05, 0.1) is 6.54 Å². The third kappa shape index (κ3) is 5.84. The van der Waals surface area contributed by atoms with E-state index >= 15 is 0 Å². The summed E-state index contributed by atoms with van der Waals surface area (Å²) in [4.78, 5) is 2.58. The summed E-state index contributed by atoms with van der Waals surface area (Å²) >= 11 is 0. The number of hydrogen-bond acceptors (Lipinski definition) is 3. The van der Waals surface area contributed by atoms with Gasteiger partial charge in [-0.2, -0.15) is 0 Å². The minimum absolute atomic E-state index is 0.648. The quantitative estimate of drug-likeness (QED) is 0.695. The number of nitrogens with one attached hydrogen (secondary N) is 1. The lowest BCUT2D eigenvalue weighted by molar-refractivity contribution is 0.145. The van der Waals surface area contributed by atoms with Crippen LogP contribution in [0.1, 0.15) is 64.5 Å². The number of hydrogen-bond donors (Lipinski definition) is 1. The summed E-state index contributed by atoms with van der Waals surface area (Å²) in [6.07, 6.45) is 2.40. The second-order valence-corrected chi connectivity index (χ2v) is 6.37. The van der Waals surface area contributed by atoms with Crippen molar-refractivity contribution in [3.05, 3.63) is 23.2 Å². The molecule has 3 heteroatoms. The molecule has 0 aromatic carbocycles. The molecule has 0 aliphatic heterocycles. The minimum atomic E-state index is 0.648. The van der Waals surface area contributed by atoms with Crippen molar-refractivity contribution in [2.75, 3.05) is 13.1 Å². The number of aryl methyl sites for hydroxylation is 1. The lowest BCUT2D eigenvalue weighted by Gasteiger charge is -2.31. The number of furan rings is 1. The molecule has 122 valence electrons. The van der Waals surface area contributed by atoms with Gasteiger partial charge < -0.3 is 9.73 Å². The first-order valence-electron chi connectivity index (χ1n) is 8.54. The fourth-order valence-electron chi connectivity index (χ4n) is 2.92. The van der Waals surface area contributed by atoms with Crippen LogP contribution in [0.4, 0.5) is 0 Å². The van der Waals surface area contributed by atoms with Gasteiger partial charge in [0.2, 0.25) is 0 Å². The SMILES string of the molecule is CCNCc1cc(CN(CC(C)C)C(CC)CC)oc1C. The average molecular weight is 294 g/mol. The lowest BCUT2D eigenvalue weighted by atomic mass is 10.1. The first-order valence-corrected chi connectivity index (χ1v) is 8.54. The first-order chi connectivity index (χ1) is 10.0. The van der Waals surface area contributed by atoms with Gasteiger partial charge in [-0.15, -0.1) is 0 Å². The van der Waals surface area contributed by atoms with Crippen molar-refractivity contribution in [1.82, 2.24) is 10.2 Å². The Bertz CT molecular complexity index is 394. The highest BCUT2D eigenvalue weighted by Gasteiger charge is 2.19. The summed E-state index contributed by atoms with van der Waals surface area (Å²) in [5.41, 5.74) is 1.29. The van der Waals surface area contributed by atoms with Gasteiger partial charge in [0.25, 0.3) is 0 Å². The monoisotopic (exact) mass is 294 g/mol. The van der Waals surface area contributed by atoms with Gasteiger partial charge in [0.1, 0.15) is 11.5 Å². The maximum Gasteiger partial charge on any atom is 0.118 e. The van der Waals surface area contributed by atoms with Gasteiger partial charge in [-0.05, 0) is 38.3 Å². The fourth-order valence-corrected chi connectivity index (χ4v) is 2.92. The Morgan fingerprint density at radius 2 is 1.86 bits per heavy atom. The lowest BCUT2D eigenvalue weighted by Crippen LogP contribution is -2.36. The summed E-state index contributed by atoms with van der Waals surface area (Å²) in [6, 6.07) is 2.88. The molecule has 0 spiro atoms.